The van der Waals surface area contributed by atoms with Crippen molar-refractivity contribution in [2.45, 2.75) is 0 Å². The largest absolute Gasteiger partial charge is 0.309 e. The van der Waals surface area contributed by atoms with Gasteiger partial charge in [0.1, 0.15) is 0 Å². The van der Waals surface area contributed by atoms with E-state index in [-0.39, 0.29) is 0 Å². The quantitative estimate of drug-likeness (QED) is 0.169. The van der Waals surface area contributed by atoms with Crippen LogP contribution in [0.5, 0.6) is 0 Å². The Morgan fingerprint density at radius 1 is 0.218 bits per heavy atom. The lowest BCUT2D eigenvalue weighted by atomic mass is 9.96. The zero-order chi connectivity index (χ0) is 36.3. The van der Waals surface area contributed by atoms with E-state index in [0.717, 1.165) is 5.69 Å². The highest BCUT2D eigenvalue weighted by atomic mass is 15.0. The molecule has 0 saturated heterocycles. The highest BCUT2D eigenvalue weighted by Gasteiger charge is 2.14. The van der Waals surface area contributed by atoms with Gasteiger partial charge in [-0.1, -0.05) is 158 Å². The topological polar surface area (TPSA) is 4.93 Å². The number of hydrogen-bond acceptors (Lipinski definition) is 0. The van der Waals surface area contributed by atoms with Gasteiger partial charge in [-0.15, -0.1) is 0 Å². The summed E-state index contributed by atoms with van der Waals surface area (Å²) in [5, 5.41) is 10.1. The first kappa shape index (κ1) is 31.3. The van der Waals surface area contributed by atoms with Crippen LogP contribution in [-0.4, -0.2) is 4.57 Å². The molecule has 0 spiro atoms. The third kappa shape index (κ3) is 5.48. The number of benzene rings is 10. The number of hydrogen-bond donors (Lipinski definition) is 0. The van der Waals surface area contributed by atoms with E-state index in [4.69, 9.17) is 0 Å². The minimum absolute atomic E-state index is 1.16. The van der Waals surface area contributed by atoms with Gasteiger partial charge in [-0.05, 0) is 131 Å². The Balaban J connectivity index is 0.899. The Bertz CT molecular complexity index is 3240. The molecular formula is C54H35N. The lowest BCUT2D eigenvalue weighted by molar-refractivity contribution is 1.18. The van der Waals surface area contributed by atoms with E-state index in [1.54, 1.807) is 0 Å². The Morgan fingerprint density at radius 3 is 1.11 bits per heavy atom. The molecule has 0 aliphatic heterocycles. The van der Waals surface area contributed by atoms with E-state index >= 15 is 0 Å². The number of fused-ring (bicyclic) bond motifs is 6. The molecule has 0 atom stereocenters. The molecule has 1 nitrogen and oxygen atoms in total. The second-order valence-electron chi connectivity index (χ2n) is 14.6. The first-order valence-corrected chi connectivity index (χ1v) is 19.0. The molecule has 1 heteroatoms. The Hall–Kier alpha value is -7.22. The van der Waals surface area contributed by atoms with Crippen molar-refractivity contribution in [3.05, 3.63) is 212 Å². The Morgan fingerprint density at radius 2 is 0.564 bits per heavy atom. The van der Waals surface area contributed by atoms with Crippen LogP contribution < -0.4 is 0 Å². The SMILES string of the molecule is c1ccc2cc(-c3ccc(-c4ccc5c(c4)c4ccccc4n5-c4ccc(-c5ccc6cc(-c7ccc8ccccc8c7)ccc6c5)cc4)cc3)ccc2c1. The molecule has 0 aliphatic carbocycles. The molecule has 11 rings (SSSR count). The summed E-state index contributed by atoms with van der Waals surface area (Å²) in [5.74, 6) is 0. The second kappa shape index (κ2) is 12.7. The maximum absolute atomic E-state index is 2.40. The highest BCUT2D eigenvalue weighted by Crippen LogP contribution is 2.37. The molecule has 0 aliphatic rings. The van der Waals surface area contributed by atoms with Gasteiger partial charge in [-0.25, -0.2) is 0 Å². The van der Waals surface area contributed by atoms with Crippen molar-refractivity contribution >= 4 is 54.1 Å². The van der Waals surface area contributed by atoms with Gasteiger partial charge in [0.05, 0.1) is 11.0 Å². The average molecular weight is 698 g/mol. The van der Waals surface area contributed by atoms with Crippen LogP contribution in [-0.2, 0) is 0 Å². The van der Waals surface area contributed by atoms with Crippen LogP contribution in [0.1, 0.15) is 0 Å². The second-order valence-corrected chi connectivity index (χ2v) is 14.6. The van der Waals surface area contributed by atoms with E-state index in [0.29, 0.717) is 0 Å². The maximum Gasteiger partial charge on any atom is 0.0541 e. The van der Waals surface area contributed by atoms with Gasteiger partial charge in [0.25, 0.3) is 0 Å². The minimum atomic E-state index is 1.16. The molecule has 10 aromatic carbocycles. The summed E-state index contributed by atoms with van der Waals surface area (Å²) in [5.41, 5.74) is 13.4. The molecule has 1 heterocycles. The van der Waals surface area contributed by atoms with Crippen LogP contribution in [0.3, 0.4) is 0 Å². The molecular weight excluding hydrogens is 663 g/mol. The fraction of sp³-hybridized carbons (Fsp3) is 0. The van der Waals surface area contributed by atoms with Gasteiger partial charge < -0.3 is 4.57 Å². The van der Waals surface area contributed by atoms with E-state index < -0.39 is 0 Å². The summed E-state index contributed by atoms with van der Waals surface area (Å²) < 4.78 is 2.40. The van der Waals surface area contributed by atoms with E-state index in [1.165, 1.54) is 98.6 Å². The van der Waals surface area contributed by atoms with Crippen molar-refractivity contribution in [3.8, 4) is 50.2 Å². The van der Waals surface area contributed by atoms with Crippen molar-refractivity contribution in [1.82, 2.24) is 4.57 Å². The van der Waals surface area contributed by atoms with E-state index in [1.807, 2.05) is 0 Å². The first-order chi connectivity index (χ1) is 27.2. The normalized spacial score (nSPS) is 11.6. The highest BCUT2D eigenvalue weighted by molar-refractivity contribution is 6.10. The molecule has 0 fully saturated rings. The van der Waals surface area contributed by atoms with Gasteiger partial charge in [0.2, 0.25) is 0 Å². The molecule has 0 radical (unpaired) electrons. The predicted molar refractivity (Wildman–Crippen MR) is 235 cm³/mol. The standard InChI is InChI=1S/C54H35N/c1-3-9-41-31-43(19-17-36(41)7-1)38-13-15-39(16-14-38)49-27-30-54-52(35-49)51-11-5-6-12-53(51)55(54)50-28-25-40(26-29-50)44-21-22-47-34-48(24-23-46(47)33-44)45-20-18-37-8-2-4-10-42(37)32-45/h1-35H. The van der Waals surface area contributed by atoms with Gasteiger partial charge in [-0.2, -0.15) is 0 Å². The average Bonchev–Trinajstić information content (AvgIpc) is 3.59. The van der Waals surface area contributed by atoms with Crippen molar-refractivity contribution in [1.29, 1.82) is 0 Å². The third-order valence-electron chi connectivity index (χ3n) is 11.4. The van der Waals surface area contributed by atoms with E-state index in [2.05, 4.69) is 217 Å². The Kier molecular flexibility index (Phi) is 7.25. The summed E-state index contributed by atoms with van der Waals surface area (Å²) >= 11 is 0. The van der Waals surface area contributed by atoms with Crippen molar-refractivity contribution in [2.24, 2.45) is 0 Å². The molecule has 1 aromatic heterocycles. The van der Waals surface area contributed by atoms with Gasteiger partial charge in [-0.3, -0.25) is 0 Å². The third-order valence-corrected chi connectivity index (χ3v) is 11.4. The molecule has 0 bridgehead atoms. The summed E-state index contributed by atoms with van der Waals surface area (Å²) in [6.45, 7) is 0. The van der Waals surface area contributed by atoms with Crippen LogP contribution in [0.25, 0.3) is 104 Å². The fourth-order valence-electron chi connectivity index (χ4n) is 8.43. The van der Waals surface area contributed by atoms with Crippen LogP contribution in [0.2, 0.25) is 0 Å². The van der Waals surface area contributed by atoms with Crippen molar-refractivity contribution < 1.29 is 0 Å². The van der Waals surface area contributed by atoms with Gasteiger partial charge >= 0.3 is 0 Å². The van der Waals surface area contributed by atoms with Crippen LogP contribution in [0.15, 0.2) is 212 Å². The Labute approximate surface area is 320 Å². The molecule has 256 valence electrons. The first-order valence-electron chi connectivity index (χ1n) is 19.0. The van der Waals surface area contributed by atoms with Gasteiger partial charge in [0.15, 0.2) is 0 Å². The summed E-state index contributed by atoms with van der Waals surface area (Å²) in [6, 6.07) is 77.8. The lowest BCUT2D eigenvalue weighted by Gasteiger charge is -2.11. The van der Waals surface area contributed by atoms with Crippen LogP contribution in [0, 0.1) is 0 Å². The fourth-order valence-corrected chi connectivity index (χ4v) is 8.43. The maximum atomic E-state index is 2.40. The number of rotatable bonds is 5. The molecule has 0 N–H and O–H groups in total. The molecule has 11 aromatic rings. The zero-order valence-corrected chi connectivity index (χ0v) is 30.2. The van der Waals surface area contributed by atoms with Crippen molar-refractivity contribution in [2.75, 3.05) is 0 Å². The smallest absolute Gasteiger partial charge is 0.0541 e. The number of para-hydroxylation sites is 1. The summed E-state index contributed by atoms with van der Waals surface area (Å²) in [4.78, 5) is 0. The lowest BCUT2D eigenvalue weighted by Crippen LogP contribution is -1.93. The minimum Gasteiger partial charge on any atom is -0.309 e. The summed E-state index contributed by atoms with van der Waals surface area (Å²) in [6.07, 6.45) is 0. The molecule has 0 amide bonds. The van der Waals surface area contributed by atoms with Crippen LogP contribution >= 0.6 is 0 Å². The number of nitrogens with zero attached hydrogens (tertiary/aromatic N) is 1. The number of aromatic nitrogens is 1. The molecule has 0 unspecified atom stereocenters. The monoisotopic (exact) mass is 697 g/mol. The molecule has 55 heavy (non-hydrogen) atoms. The zero-order valence-electron chi connectivity index (χ0n) is 30.2. The molecule has 0 saturated carbocycles. The summed E-state index contributed by atoms with van der Waals surface area (Å²) in [7, 11) is 0. The predicted octanol–water partition coefficient (Wildman–Crippen LogP) is 14.9. The van der Waals surface area contributed by atoms with Crippen molar-refractivity contribution in [3.63, 3.8) is 0 Å². The van der Waals surface area contributed by atoms with E-state index in [9.17, 15) is 0 Å². The van der Waals surface area contributed by atoms with Crippen LogP contribution in [0.4, 0.5) is 0 Å². The van der Waals surface area contributed by atoms with Gasteiger partial charge in [0, 0.05) is 16.5 Å².